The van der Waals surface area contributed by atoms with E-state index in [-0.39, 0.29) is 11.8 Å². The van der Waals surface area contributed by atoms with E-state index in [4.69, 9.17) is 9.26 Å². The summed E-state index contributed by atoms with van der Waals surface area (Å²) in [5, 5.41) is 3.93. The normalized spacial score (nSPS) is 13.8. The predicted molar refractivity (Wildman–Crippen MR) is 120 cm³/mol. The van der Waals surface area contributed by atoms with Gasteiger partial charge in [-0.25, -0.2) is 0 Å². The number of ether oxygens (including phenoxy) is 1. The summed E-state index contributed by atoms with van der Waals surface area (Å²) in [6, 6.07) is 17.1. The Morgan fingerprint density at radius 3 is 2.19 bits per heavy atom. The van der Waals surface area contributed by atoms with Gasteiger partial charge >= 0.3 is 0 Å². The molecule has 32 heavy (non-hydrogen) atoms. The van der Waals surface area contributed by atoms with Gasteiger partial charge in [0.25, 0.3) is 11.8 Å². The van der Waals surface area contributed by atoms with Crippen LogP contribution in [-0.2, 0) is 13.0 Å². The molecule has 2 amide bonds. The van der Waals surface area contributed by atoms with Gasteiger partial charge in [-0.15, -0.1) is 0 Å². The van der Waals surface area contributed by atoms with Crippen molar-refractivity contribution >= 4 is 11.8 Å². The summed E-state index contributed by atoms with van der Waals surface area (Å²) in [4.78, 5) is 29.4. The number of piperazine rings is 1. The Bertz CT molecular complexity index is 1070. The van der Waals surface area contributed by atoms with Crippen molar-refractivity contribution in [2.24, 2.45) is 0 Å². The zero-order chi connectivity index (χ0) is 22.5. The number of aryl methyl sites for hydroxylation is 2. The largest absolute Gasteiger partial charge is 0.489 e. The summed E-state index contributed by atoms with van der Waals surface area (Å²) in [5.74, 6) is 1.21. The van der Waals surface area contributed by atoms with E-state index in [9.17, 15) is 9.59 Å². The Morgan fingerprint density at radius 2 is 1.56 bits per heavy atom. The molecule has 0 aliphatic carbocycles. The molecule has 3 aromatic rings. The van der Waals surface area contributed by atoms with E-state index in [0.717, 1.165) is 11.3 Å². The first kappa shape index (κ1) is 21.6. The smallest absolute Gasteiger partial charge is 0.259 e. The van der Waals surface area contributed by atoms with Crippen molar-refractivity contribution in [2.45, 2.75) is 26.9 Å². The average molecular weight is 434 g/mol. The lowest BCUT2D eigenvalue weighted by Gasteiger charge is -2.34. The predicted octanol–water partition coefficient (Wildman–Crippen LogP) is 3.72. The third-order valence-corrected chi connectivity index (χ3v) is 5.67. The summed E-state index contributed by atoms with van der Waals surface area (Å²) in [5.41, 5.74) is 2.87. The van der Waals surface area contributed by atoms with Crippen LogP contribution >= 0.6 is 0 Å². The van der Waals surface area contributed by atoms with Crippen molar-refractivity contribution in [2.75, 3.05) is 26.2 Å². The average Bonchev–Trinajstić information content (AvgIpc) is 3.23. The van der Waals surface area contributed by atoms with Gasteiger partial charge in [-0.2, -0.15) is 0 Å². The zero-order valence-electron chi connectivity index (χ0n) is 18.4. The lowest BCUT2D eigenvalue weighted by Crippen LogP contribution is -2.50. The summed E-state index contributed by atoms with van der Waals surface area (Å²) >= 11 is 0. The summed E-state index contributed by atoms with van der Waals surface area (Å²) in [7, 11) is 0. The van der Waals surface area contributed by atoms with E-state index < -0.39 is 0 Å². The molecule has 1 aliphatic rings. The van der Waals surface area contributed by atoms with Gasteiger partial charge in [-0.1, -0.05) is 42.4 Å². The number of aromatic nitrogens is 1. The topological polar surface area (TPSA) is 75.9 Å². The number of rotatable bonds is 6. The van der Waals surface area contributed by atoms with E-state index in [1.54, 1.807) is 28.9 Å². The Labute approximate surface area is 187 Å². The van der Waals surface area contributed by atoms with Crippen LogP contribution in [0.1, 0.15) is 44.7 Å². The molecule has 2 heterocycles. The minimum atomic E-state index is -0.0763. The fraction of sp³-hybridized carbons (Fsp3) is 0.320. The Morgan fingerprint density at radius 1 is 0.938 bits per heavy atom. The first-order valence-corrected chi connectivity index (χ1v) is 10.9. The van der Waals surface area contributed by atoms with Gasteiger partial charge in [0.2, 0.25) is 0 Å². The van der Waals surface area contributed by atoms with Crippen LogP contribution in [0.15, 0.2) is 59.1 Å². The quantitative estimate of drug-likeness (QED) is 0.592. The van der Waals surface area contributed by atoms with Crippen molar-refractivity contribution in [3.63, 3.8) is 0 Å². The molecule has 7 nitrogen and oxygen atoms in total. The Hall–Kier alpha value is -3.61. The van der Waals surface area contributed by atoms with Gasteiger partial charge in [0.05, 0.1) is 5.69 Å². The number of benzene rings is 2. The molecule has 1 fully saturated rings. The Balaban J connectivity index is 1.32. The molecule has 166 valence electrons. The SMILES string of the molecule is CCc1onc(C)c1C(=O)N1CCN(C(=O)c2ccc(OCc3ccccc3)cc2)CC1. The van der Waals surface area contributed by atoms with E-state index >= 15 is 0 Å². The second-order valence-electron chi connectivity index (χ2n) is 7.80. The molecule has 0 atom stereocenters. The molecular weight excluding hydrogens is 406 g/mol. The zero-order valence-corrected chi connectivity index (χ0v) is 18.4. The van der Waals surface area contributed by atoms with Gasteiger partial charge in [0.1, 0.15) is 23.7 Å². The molecule has 4 rings (SSSR count). The molecule has 0 N–H and O–H groups in total. The third-order valence-electron chi connectivity index (χ3n) is 5.67. The van der Waals surface area contributed by atoms with Crippen LogP contribution in [0.25, 0.3) is 0 Å². The van der Waals surface area contributed by atoms with E-state index in [0.29, 0.717) is 61.8 Å². The summed E-state index contributed by atoms with van der Waals surface area (Å²) in [6.45, 7) is 6.14. The highest BCUT2D eigenvalue weighted by Crippen LogP contribution is 2.20. The van der Waals surface area contributed by atoms with Gasteiger partial charge in [-0.05, 0) is 36.8 Å². The highest BCUT2D eigenvalue weighted by molar-refractivity contribution is 5.97. The molecular formula is C25H27N3O4. The molecule has 0 saturated carbocycles. The molecule has 0 radical (unpaired) electrons. The monoisotopic (exact) mass is 433 g/mol. The maximum atomic E-state index is 12.9. The van der Waals surface area contributed by atoms with Crippen LogP contribution in [0, 0.1) is 6.92 Å². The lowest BCUT2D eigenvalue weighted by atomic mass is 10.1. The first-order valence-electron chi connectivity index (χ1n) is 10.9. The van der Waals surface area contributed by atoms with Gasteiger partial charge in [-0.3, -0.25) is 9.59 Å². The number of hydrogen-bond acceptors (Lipinski definition) is 5. The highest BCUT2D eigenvalue weighted by atomic mass is 16.5. The molecule has 2 aromatic carbocycles. The van der Waals surface area contributed by atoms with E-state index in [1.807, 2.05) is 49.4 Å². The van der Waals surface area contributed by atoms with Crippen LogP contribution in [0.2, 0.25) is 0 Å². The number of nitrogens with zero attached hydrogens (tertiary/aromatic N) is 3. The number of hydrogen-bond donors (Lipinski definition) is 0. The fourth-order valence-electron chi connectivity index (χ4n) is 3.82. The Kier molecular flexibility index (Phi) is 6.54. The molecule has 1 aromatic heterocycles. The van der Waals surface area contributed by atoms with Crippen LogP contribution in [0.5, 0.6) is 5.75 Å². The van der Waals surface area contributed by atoms with Gasteiger partial charge < -0.3 is 19.1 Å². The van der Waals surface area contributed by atoms with E-state index in [1.165, 1.54) is 0 Å². The van der Waals surface area contributed by atoms with Crippen molar-refractivity contribution in [3.05, 3.63) is 82.7 Å². The highest BCUT2D eigenvalue weighted by Gasteiger charge is 2.29. The van der Waals surface area contributed by atoms with Gasteiger partial charge in [0.15, 0.2) is 0 Å². The second kappa shape index (κ2) is 9.68. The van der Waals surface area contributed by atoms with E-state index in [2.05, 4.69) is 5.16 Å². The van der Waals surface area contributed by atoms with Crippen molar-refractivity contribution in [1.82, 2.24) is 15.0 Å². The standard InChI is InChI=1S/C25H27N3O4/c1-3-22-23(18(2)26-32-22)25(30)28-15-13-27(14-16-28)24(29)20-9-11-21(12-10-20)31-17-19-7-5-4-6-8-19/h4-12H,3,13-17H2,1-2H3. The number of carbonyl (C=O) groups is 2. The number of amides is 2. The van der Waals surface area contributed by atoms with Crippen LogP contribution in [-0.4, -0.2) is 52.9 Å². The summed E-state index contributed by atoms with van der Waals surface area (Å²) < 4.78 is 11.0. The molecule has 1 saturated heterocycles. The van der Waals surface area contributed by atoms with Gasteiger partial charge in [0, 0.05) is 38.2 Å². The lowest BCUT2D eigenvalue weighted by molar-refractivity contribution is 0.0533. The third kappa shape index (κ3) is 4.66. The first-order chi connectivity index (χ1) is 15.6. The minimum absolute atomic E-state index is 0.0397. The molecule has 7 heteroatoms. The molecule has 0 spiro atoms. The van der Waals surface area contributed by atoms with Crippen molar-refractivity contribution in [3.8, 4) is 5.75 Å². The van der Waals surface area contributed by atoms with Crippen LogP contribution in [0.3, 0.4) is 0 Å². The van der Waals surface area contributed by atoms with Crippen LogP contribution < -0.4 is 4.74 Å². The molecule has 1 aliphatic heterocycles. The minimum Gasteiger partial charge on any atom is -0.489 e. The summed E-state index contributed by atoms with van der Waals surface area (Å²) in [6.07, 6.45) is 0.616. The maximum absolute atomic E-state index is 12.9. The number of carbonyl (C=O) groups excluding carboxylic acids is 2. The second-order valence-corrected chi connectivity index (χ2v) is 7.80. The van der Waals surface area contributed by atoms with Crippen molar-refractivity contribution in [1.29, 1.82) is 0 Å². The molecule has 0 unspecified atom stereocenters. The van der Waals surface area contributed by atoms with Crippen molar-refractivity contribution < 1.29 is 18.8 Å². The maximum Gasteiger partial charge on any atom is 0.259 e. The molecule has 0 bridgehead atoms. The fourth-order valence-corrected chi connectivity index (χ4v) is 3.82. The van der Waals surface area contributed by atoms with Crippen LogP contribution in [0.4, 0.5) is 0 Å².